The number of ether oxygens (including phenoxy) is 2. The molecule has 8 heteroatoms. The molecule has 2 aromatic carbocycles. The van der Waals surface area contributed by atoms with Gasteiger partial charge in [0.05, 0.1) is 11.1 Å². The molecule has 2 heterocycles. The topological polar surface area (TPSA) is 88.1 Å². The highest BCUT2D eigenvalue weighted by Crippen LogP contribution is 2.46. The lowest BCUT2D eigenvalue weighted by molar-refractivity contribution is -0.141. The zero-order valence-corrected chi connectivity index (χ0v) is 19.7. The molecule has 2 saturated heterocycles. The zero-order valence-electron chi connectivity index (χ0n) is 19.0. The van der Waals surface area contributed by atoms with E-state index in [2.05, 4.69) is 10.2 Å². The highest BCUT2D eigenvalue weighted by atomic mass is 35.5. The van der Waals surface area contributed by atoms with Gasteiger partial charge in [-0.1, -0.05) is 29.8 Å². The number of halogens is 1. The number of carboxylic acids is 1. The van der Waals surface area contributed by atoms with E-state index < -0.39 is 17.0 Å². The summed E-state index contributed by atoms with van der Waals surface area (Å²) in [5.74, 6) is -0.184. The number of aromatic carboxylic acids is 1. The molecule has 1 saturated carbocycles. The van der Waals surface area contributed by atoms with Crippen molar-refractivity contribution in [3.8, 4) is 5.75 Å². The maximum Gasteiger partial charge on any atom is 0.335 e. The lowest BCUT2D eigenvalue weighted by Crippen LogP contribution is -2.62. The summed E-state index contributed by atoms with van der Waals surface area (Å²) in [6, 6.07) is 14.2. The Morgan fingerprint density at radius 2 is 1.82 bits per heavy atom. The minimum atomic E-state index is -0.954. The number of nitrogens with zero attached hydrogens (tertiary/aromatic N) is 1. The summed E-state index contributed by atoms with van der Waals surface area (Å²) in [5, 5.41) is 13.2. The van der Waals surface area contributed by atoms with Crippen LogP contribution >= 0.6 is 11.6 Å². The number of amides is 1. The second-order valence-corrected chi connectivity index (χ2v) is 9.93. The van der Waals surface area contributed by atoms with Gasteiger partial charge in [-0.2, -0.15) is 0 Å². The Bertz CT molecular complexity index is 1060. The third kappa shape index (κ3) is 4.52. The van der Waals surface area contributed by atoms with E-state index in [9.17, 15) is 14.7 Å². The molecule has 0 radical (unpaired) electrons. The minimum absolute atomic E-state index is 0.00978. The summed E-state index contributed by atoms with van der Waals surface area (Å²) in [6.07, 6.45) is 3.79. The molecule has 1 aliphatic carbocycles. The van der Waals surface area contributed by atoms with Gasteiger partial charge in [-0.3, -0.25) is 9.69 Å². The smallest absolute Gasteiger partial charge is 0.335 e. The molecular formula is C26H29ClN2O5. The molecule has 1 amide bonds. The van der Waals surface area contributed by atoms with Gasteiger partial charge in [0.25, 0.3) is 0 Å². The highest BCUT2D eigenvalue weighted by Gasteiger charge is 2.53. The van der Waals surface area contributed by atoms with Crippen molar-refractivity contribution in [3.63, 3.8) is 0 Å². The molecule has 5 rings (SSSR count). The average Bonchev–Trinajstić information content (AvgIpc) is 3.47. The van der Waals surface area contributed by atoms with Crippen LogP contribution < -0.4 is 10.1 Å². The van der Waals surface area contributed by atoms with Gasteiger partial charge in [0.2, 0.25) is 5.91 Å². The largest absolute Gasteiger partial charge is 0.489 e. The average molecular weight is 485 g/mol. The molecule has 2 aliphatic heterocycles. The molecule has 3 aliphatic rings. The SMILES string of the molecule is O=C(O)c1ccc(C2(NC(=O)C3(N4CC[C@@H](Oc5cccc(Cl)c5)C4)CCOCC3)CC2)cc1. The molecular weight excluding hydrogens is 456 g/mol. The minimum Gasteiger partial charge on any atom is -0.489 e. The molecule has 0 aromatic heterocycles. The van der Waals surface area contributed by atoms with Gasteiger partial charge in [-0.15, -0.1) is 0 Å². The van der Waals surface area contributed by atoms with Crippen molar-refractivity contribution in [1.82, 2.24) is 10.2 Å². The predicted molar refractivity (Wildman–Crippen MR) is 127 cm³/mol. The number of carboxylic acid groups (broad SMARTS) is 1. The second kappa shape index (κ2) is 9.21. The van der Waals surface area contributed by atoms with Crippen molar-refractivity contribution >= 4 is 23.5 Å². The monoisotopic (exact) mass is 484 g/mol. The van der Waals surface area contributed by atoms with Crippen LogP contribution in [0.2, 0.25) is 5.02 Å². The van der Waals surface area contributed by atoms with E-state index in [0.717, 1.165) is 37.1 Å². The number of hydrogen-bond acceptors (Lipinski definition) is 5. The summed E-state index contributed by atoms with van der Waals surface area (Å²) in [4.78, 5) is 27.3. The molecule has 7 nitrogen and oxygen atoms in total. The summed E-state index contributed by atoms with van der Waals surface area (Å²) < 4.78 is 11.8. The molecule has 180 valence electrons. The fourth-order valence-electron chi connectivity index (χ4n) is 5.22. The molecule has 0 bridgehead atoms. The lowest BCUT2D eigenvalue weighted by atomic mass is 9.86. The number of rotatable bonds is 7. The highest BCUT2D eigenvalue weighted by molar-refractivity contribution is 6.30. The van der Waals surface area contributed by atoms with Gasteiger partial charge < -0.3 is 19.9 Å². The van der Waals surface area contributed by atoms with E-state index in [0.29, 0.717) is 37.6 Å². The van der Waals surface area contributed by atoms with Crippen molar-refractivity contribution < 1.29 is 24.2 Å². The number of likely N-dealkylation sites (tertiary alicyclic amines) is 1. The van der Waals surface area contributed by atoms with Crippen molar-refractivity contribution in [2.45, 2.75) is 49.3 Å². The standard InChI is InChI=1S/C26H29ClN2O5/c27-20-2-1-3-21(16-20)34-22-8-13-29(17-22)26(11-14-33-15-12-26)24(32)28-25(9-10-25)19-6-4-18(5-7-19)23(30)31/h1-7,16,22H,8-15,17H2,(H,28,32)(H,30,31)/t22-/m1/s1. The van der Waals surface area contributed by atoms with Crippen LogP contribution in [0.5, 0.6) is 5.75 Å². The Morgan fingerprint density at radius 3 is 2.47 bits per heavy atom. The van der Waals surface area contributed by atoms with Crippen molar-refractivity contribution in [2.75, 3.05) is 26.3 Å². The van der Waals surface area contributed by atoms with E-state index >= 15 is 0 Å². The Hall–Kier alpha value is -2.61. The number of hydrogen-bond donors (Lipinski definition) is 2. The van der Waals surface area contributed by atoms with Crippen LogP contribution in [0.25, 0.3) is 0 Å². The normalized spacial score (nSPS) is 23.3. The van der Waals surface area contributed by atoms with Crippen LogP contribution in [-0.4, -0.2) is 59.8 Å². The maximum absolute atomic E-state index is 13.9. The third-order valence-corrected chi connectivity index (χ3v) is 7.61. The van der Waals surface area contributed by atoms with E-state index in [1.807, 2.05) is 36.4 Å². The van der Waals surface area contributed by atoms with Crippen molar-refractivity contribution in [2.24, 2.45) is 0 Å². The van der Waals surface area contributed by atoms with Crippen molar-refractivity contribution in [1.29, 1.82) is 0 Å². The Balaban J connectivity index is 1.31. The first-order chi connectivity index (χ1) is 16.4. The first-order valence-electron chi connectivity index (χ1n) is 11.8. The summed E-state index contributed by atoms with van der Waals surface area (Å²) >= 11 is 6.10. The van der Waals surface area contributed by atoms with Crippen molar-refractivity contribution in [3.05, 3.63) is 64.7 Å². The molecule has 34 heavy (non-hydrogen) atoms. The van der Waals surface area contributed by atoms with Gasteiger partial charge in [-0.05, 0) is 68.0 Å². The Morgan fingerprint density at radius 1 is 1.09 bits per heavy atom. The van der Waals surface area contributed by atoms with Gasteiger partial charge in [-0.25, -0.2) is 4.79 Å². The van der Waals surface area contributed by atoms with E-state index in [4.69, 9.17) is 21.1 Å². The predicted octanol–water partition coefficient (Wildman–Crippen LogP) is 3.85. The Kier molecular flexibility index (Phi) is 6.27. The molecule has 0 spiro atoms. The Labute approximate surface area is 204 Å². The molecule has 2 N–H and O–H groups in total. The number of nitrogens with one attached hydrogen (secondary N) is 1. The van der Waals surface area contributed by atoms with Gasteiger partial charge in [0, 0.05) is 31.3 Å². The summed E-state index contributed by atoms with van der Waals surface area (Å²) in [7, 11) is 0. The van der Waals surface area contributed by atoms with E-state index in [1.54, 1.807) is 12.1 Å². The fraction of sp³-hybridized carbons (Fsp3) is 0.462. The van der Waals surface area contributed by atoms with Crippen LogP contribution in [0.3, 0.4) is 0 Å². The second-order valence-electron chi connectivity index (χ2n) is 9.49. The molecule has 2 aromatic rings. The molecule has 3 fully saturated rings. The first kappa shape index (κ1) is 23.1. The molecule has 0 unspecified atom stereocenters. The van der Waals surface area contributed by atoms with Crippen LogP contribution in [0.1, 0.15) is 48.0 Å². The quantitative estimate of drug-likeness (QED) is 0.620. The number of benzene rings is 2. The van der Waals surface area contributed by atoms with Crippen LogP contribution in [-0.2, 0) is 15.1 Å². The summed E-state index contributed by atoms with van der Waals surface area (Å²) in [6.45, 7) is 2.54. The first-order valence-corrected chi connectivity index (χ1v) is 12.2. The van der Waals surface area contributed by atoms with E-state index in [1.165, 1.54) is 0 Å². The van der Waals surface area contributed by atoms with Gasteiger partial charge >= 0.3 is 5.97 Å². The summed E-state index contributed by atoms with van der Waals surface area (Å²) in [5.41, 5.74) is 0.142. The zero-order chi connectivity index (χ0) is 23.8. The van der Waals surface area contributed by atoms with Gasteiger partial charge in [0.1, 0.15) is 17.4 Å². The van der Waals surface area contributed by atoms with Gasteiger partial charge in [0.15, 0.2) is 0 Å². The maximum atomic E-state index is 13.9. The molecule has 1 atom stereocenters. The third-order valence-electron chi connectivity index (χ3n) is 7.38. The number of carbonyl (C=O) groups is 2. The van der Waals surface area contributed by atoms with E-state index in [-0.39, 0.29) is 17.6 Å². The van der Waals surface area contributed by atoms with Crippen LogP contribution in [0.4, 0.5) is 0 Å². The number of carbonyl (C=O) groups excluding carboxylic acids is 1. The van der Waals surface area contributed by atoms with Crippen LogP contribution in [0.15, 0.2) is 48.5 Å². The fourth-order valence-corrected chi connectivity index (χ4v) is 5.40. The lowest BCUT2D eigenvalue weighted by Gasteiger charge is -2.43. The van der Waals surface area contributed by atoms with Crippen LogP contribution in [0, 0.1) is 0 Å².